The molecule has 10 heteroatoms. The summed E-state index contributed by atoms with van der Waals surface area (Å²) in [6, 6.07) is -2.51. The van der Waals surface area contributed by atoms with Gasteiger partial charge in [0.15, 0.2) is 0 Å². The molecule has 1 heterocycles. The average Bonchev–Trinajstić information content (AvgIpc) is 2.97. The second-order valence-electron chi connectivity index (χ2n) is 4.85. The third-order valence-corrected chi connectivity index (χ3v) is 3.23. The number of halogens is 3. The number of carbonyl (C=O) groups excluding carboxylic acids is 1. The monoisotopic (exact) mass is 306 g/mol. The van der Waals surface area contributed by atoms with Gasteiger partial charge < -0.3 is 20.7 Å². The first-order chi connectivity index (χ1) is 9.73. The zero-order chi connectivity index (χ0) is 15.7. The van der Waals surface area contributed by atoms with Gasteiger partial charge >= 0.3 is 18.2 Å². The van der Waals surface area contributed by atoms with Gasteiger partial charge in [-0.05, 0) is 12.8 Å². The van der Waals surface area contributed by atoms with Crippen LogP contribution in [0.2, 0.25) is 0 Å². The van der Waals surface area contributed by atoms with E-state index in [4.69, 9.17) is 5.11 Å². The summed E-state index contributed by atoms with van der Waals surface area (Å²) >= 11 is 0. The molecule has 0 unspecified atom stereocenters. The van der Waals surface area contributed by atoms with Crippen LogP contribution in [0.4, 0.5) is 18.0 Å². The third-order valence-electron chi connectivity index (χ3n) is 3.23. The molecule has 1 aromatic heterocycles. The van der Waals surface area contributed by atoms with Gasteiger partial charge in [-0.3, -0.25) is 0 Å². The van der Waals surface area contributed by atoms with Gasteiger partial charge in [0.25, 0.3) is 0 Å². The summed E-state index contributed by atoms with van der Waals surface area (Å²) in [5.41, 5.74) is -1.78. The highest BCUT2D eigenvalue weighted by molar-refractivity contribution is 5.83. The number of hydrogen-bond acceptors (Lipinski definition) is 3. The van der Waals surface area contributed by atoms with Crippen molar-refractivity contribution in [1.29, 1.82) is 0 Å². The maximum absolute atomic E-state index is 12.7. The second-order valence-corrected chi connectivity index (χ2v) is 4.85. The van der Waals surface area contributed by atoms with Crippen molar-refractivity contribution >= 4 is 12.0 Å². The molecule has 116 valence electrons. The smallest absolute Gasteiger partial charge is 0.411 e. The number of carboxylic acid groups (broad SMARTS) is 1. The second kappa shape index (κ2) is 5.26. The number of nitrogens with zero attached hydrogens (tertiary/aromatic N) is 1. The number of rotatable bonds is 5. The molecule has 7 nitrogen and oxygen atoms in total. The van der Waals surface area contributed by atoms with Crippen molar-refractivity contribution in [1.82, 2.24) is 20.6 Å². The predicted octanol–water partition coefficient (Wildman–Crippen LogP) is 0.799. The molecule has 1 aromatic rings. The number of alkyl halides is 3. The lowest BCUT2D eigenvalue weighted by Crippen LogP contribution is -2.55. The van der Waals surface area contributed by atoms with Crippen molar-refractivity contribution in [2.24, 2.45) is 0 Å². The summed E-state index contributed by atoms with van der Waals surface area (Å²) < 4.78 is 38.1. The molecule has 0 aliphatic heterocycles. The highest BCUT2D eigenvalue weighted by Gasteiger charge is 2.64. The topological polar surface area (TPSA) is 107 Å². The van der Waals surface area contributed by atoms with Crippen LogP contribution in [-0.2, 0) is 11.2 Å². The van der Waals surface area contributed by atoms with Crippen LogP contribution < -0.4 is 10.6 Å². The number of aromatic nitrogens is 2. The molecule has 1 aliphatic carbocycles. The molecule has 0 saturated heterocycles. The number of carbonyl (C=O) groups is 2. The Kier molecular flexibility index (Phi) is 3.79. The minimum absolute atomic E-state index is 0.109. The van der Waals surface area contributed by atoms with Crippen molar-refractivity contribution in [3.8, 4) is 0 Å². The standard InChI is InChI=1S/C11H13F3N4O3/c12-11(13,14)10(1-2-10)18-9(21)17-7(8(19)20)3-6-4-15-5-16-6/h4-5,7H,1-3H2,(H,15,16)(H,19,20)(H2,17,18,21)/t7-/m1/s1. The van der Waals surface area contributed by atoms with Crippen molar-refractivity contribution in [3.63, 3.8) is 0 Å². The molecule has 2 rings (SSSR count). The fourth-order valence-electron chi connectivity index (χ4n) is 1.83. The van der Waals surface area contributed by atoms with E-state index in [9.17, 15) is 22.8 Å². The number of carboxylic acids is 1. The highest BCUT2D eigenvalue weighted by atomic mass is 19.4. The van der Waals surface area contributed by atoms with E-state index >= 15 is 0 Å². The number of urea groups is 1. The predicted molar refractivity (Wildman–Crippen MR) is 63.4 cm³/mol. The Morgan fingerprint density at radius 1 is 1.48 bits per heavy atom. The molecule has 4 N–H and O–H groups in total. The molecular weight excluding hydrogens is 293 g/mol. The molecule has 2 amide bonds. The van der Waals surface area contributed by atoms with Crippen LogP contribution in [0.1, 0.15) is 18.5 Å². The van der Waals surface area contributed by atoms with Crippen molar-refractivity contribution < 1.29 is 27.9 Å². The lowest BCUT2D eigenvalue weighted by molar-refractivity contribution is -0.162. The van der Waals surface area contributed by atoms with Crippen molar-refractivity contribution in [3.05, 3.63) is 18.2 Å². The van der Waals surface area contributed by atoms with E-state index in [2.05, 4.69) is 9.97 Å². The highest BCUT2D eigenvalue weighted by Crippen LogP contribution is 2.48. The SMILES string of the molecule is O=C(N[C@H](Cc1cnc[nH]1)C(=O)O)NC1(C(F)(F)F)CC1. The van der Waals surface area contributed by atoms with Gasteiger partial charge in [0.05, 0.1) is 6.33 Å². The first kappa shape index (κ1) is 15.1. The molecular formula is C11H13F3N4O3. The van der Waals surface area contributed by atoms with Gasteiger partial charge in [-0.15, -0.1) is 0 Å². The molecule has 1 atom stereocenters. The summed E-state index contributed by atoms with van der Waals surface area (Å²) in [6.45, 7) is 0. The fourth-order valence-corrected chi connectivity index (χ4v) is 1.83. The van der Waals surface area contributed by atoms with E-state index in [1.54, 1.807) is 0 Å². The first-order valence-corrected chi connectivity index (χ1v) is 6.09. The minimum atomic E-state index is -4.55. The molecule has 1 aliphatic rings. The lowest BCUT2D eigenvalue weighted by Gasteiger charge is -2.22. The summed E-state index contributed by atoms with van der Waals surface area (Å²) in [6.07, 6.45) is -2.37. The van der Waals surface area contributed by atoms with E-state index in [0.29, 0.717) is 5.69 Å². The van der Waals surface area contributed by atoms with E-state index < -0.39 is 29.8 Å². The van der Waals surface area contributed by atoms with Crippen molar-refractivity contribution in [2.45, 2.75) is 37.0 Å². The lowest BCUT2D eigenvalue weighted by atomic mass is 10.1. The summed E-state index contributed by atoms with van der Waals surface area (Å²) in [5, 5.41) is 12.8. The van der Waals surface area contributed by atoms with E-state index in [-0.39, 0.29) is 19.3 Å². The Balaban J connectivity index is 1.95. The van der Waals surface area contributed by atoms with E-state index in [1.165, 1.54) is 12.5 Å². The number of aliphatic carboxylic acids is 1. The normalized spacial score (nSPS) is 17.9. The number of aromatic amines is 1. The van der Waals surface area contributed by atoms with Crippen LogP contribution in [0.5, 0.6) is 0 Å². The molecule has 0 bridgehead atoms. The quantitative estimate of drug-likeness (QED) is 0.645. The number of hydrogen-bond donors (Lipinski definition) is 4. The Morgan fingerprint density at radius 3 is 2.57 bits per heavy atom. The average molecular weight is 306 g/mol. The zero-order valence-corrected chi connectivity index (χ0v) is 10.7. The van der Waals surface area contributed by atoms with Crippen molar-refractivity contribution in [2.75, 3.05) is 0 Å². The van der Waals surface area contributed by atoms with Gasteiger partial charge in [-0.1, -0.05) is 0 Å². The van der Waals surface area contributed by atoms with Gasteiger partial charge in [-0.25, -0.2) is 14.6 Å². The Hall–Kier alpha value is -2.26. The largest absolute Gasteiger partial charge is 0.480 e. The van der Waals surface area contributed by atoms with E-state index in [0.717, 1.165) is 0 Å². The summed E-state index contributed by atoms with van der Waals surface area (Å²) in [7, 11) is 0. The summed E-state index contributed by atoms with van der Waals surface area (Å²) in [4.78, 5) is 29.0. The molecule has 1 saturated carbocycles. The minimum Gasteiger partial charge on any atom is -0.480 e. The third kappa shape index (κ3) is 3.44. The molecule has 0 radical (unpaired) electrons. The van der Waals surface area contributed by atoms with Crippen LogP contribution >= 0.6 is 0 Å². The molecule has 1 fully saturated rings. The zero-order valence-electron chi connectivity index (χ0n) is 10.7. The maximum Gasteiger partial charge on any atom is 0.411 e. The summed E-state index contributed by atoms with van der Waals surface area (Å²) in [5.74, 6) is -1.35. The van der Waals surface area contributed by atoms with Crippen LogP contribution in [0.25, 0.3) is 0 Å². The number of imidazole rings is 1. The van der Waals surface area contributed by atoms with Crippen LogP contribution in [0, 0.1) is 0 Å². The maximum atomic E-state index is 12.7. The van der Waals surface area contributed by atoms with Gasteiger partial charge in [0, 0.05) is 18.3 Å². The number of H-pyrrole nitrogens is 1. The number of nitrogens with one attached hydrogen (secondary N) is 3. The Bertz CT molecular complexity index is 525. The molecule has 21 heavy (non-hydrogen) atoms. The van der Waals surface area contributed by atoms with Gasteiger partial charge in [0.1, 0.15) is 11.6 Å². The number of amides is 2. The van der Waals surface area contributed by atoms with Crippen LogP contribution in [0.15, 0.2) is 12.5 Å². The van der Waals surface area contributed by atoms with Gasteiger partial charge in [0.2, 0.25) is 0 Å². The van der Waals surface area contributed by atoms with E-state index in [1.807, 2.05) is 10.6 Å². The fraction of sp³-hybridized carbons (Fsp3) is 0.545. The Labute approximate surface area is 116 Å². The molecule has 0 spiro atoms. The Morgan fingerprint density at radius 2 is 2.14 bits per heavy atom. The van der Waals surface area contributed by atoms with Gasteiger partial charge in [-0.2, -0.15) is 13.2 Å². The van der Waals surface area contributed by atoms with Crippen LogP contribution in [0.3, 0.4) is 0 Å². The first-order valence-electron chi connectivity index (χ1n) is 6.09. The van der Waals surface area contributed by atoms with Crippen LogP contribution in [-0.4, -0.2) is 44.8 Å². The molecule has 0 aromatic carbocycles.